The van der Waals surface area contributed by atoms with Gasteiger partial charge >= 0.3 is 5.69 Å². The predicted octanol–water partition coefficient (Wildman–Crippen LogP) is 2.82. The molecular weight excluding hydrogens is 378 g/mol. The van der Waals surface area contributed by atoms with Crippen LogP contribution in [0.15, 0.2) is 53.5 Å². The van der Waals surface area contributed by atoms with Gasteiger partial charge in [0.05, 0.1) is 6.54 Å². The molecular formula is C23H31N5O2. The molecule has 160 valence electrons. The van der Waals surface area contributed by atoms with Crippen LogP contribution in [0, 0.1) is 0 Å². The maximum Gasteiger partial charge on any atom is 0.350 e. The molecule has 3 rings (SSSR count). The maximum atomic E-state index is 12.3. The number of rotatable bonds is 11. The van der Waals surface area contributed by atoms with E-state index >= 15 is 0 Å². The van der Waals surface area contributed by atoms with Crippen LogP contribution in [0.5, 0.6) is 0 Å². The summed E-state index contributed by atoms with van der Waals surface area (Å²) >= 11 is 0. The van der Waals surface area contributed by atoms with Gasteiger partial charge in [-0.25, -0.2) is 9.48 Å². The number of aromatic nitrogens is 3. The van der Waals surface area contributed by atoms with Gasteiger partial charge < -0.3 is 5.32 Å². The minimum atomic E-state index is -0.227. The average Bonchev–Trinajstić information content (AvgIpc) is 3.09. The number of fused-ring (bicyclic) bond motifs is 1. The van der Waals surface area contributed by atoms with E-state index in [4.69, 9.17) is 0 Å². The van der Waals surface area contributed by atoms with E-state index in [-0.39, 0.29) is 24.6 Å². The first-order valence-corrected chi connectivity index (χ1v) is 10.7. The summed E-state index contributed by atoms with van der Waals surface area (Å²) in [4.78, 5) is 27.0. The quantitative estimate of drug-likeness (QED) is 0.529. The number of carbonyl (C=O) groups is 1. The van der Waals surface area contributed by atoms with Gasteiger partial charge in [-0.3, -0.25) is 14.1 Å². The fraction of sp³-hybridized carbons (Fsp3) is 0.435. The molecule has 0 saturated carbocycles. The van der Waals surface area contributed by atoms with E-state index in [2.05, 4.69) is 41.3 Å². The van der Waals surface area contributed by atoms with Crippen molar-refractivity contribution >= 4 is 11.6 Å². The molecule has 30 heavy (non-hydrogen) atoms. The van der Waals surface area contributed by atoms with Crippen molar-refractivity contribution in [3.05, 3.63) is 70.3 Å². The number of hydrogen-bond acceptors (Lipinski definition) is 4. The molecule has 3 aromatic rings. The summed E-state index contributed by atoms with van der Waals surface area (Å²) in [6, 6.07) is 13.7. The molecule has 0 spiro atoms. The molecule has 7 nitrogen and oxygen atoms in total. The molecule has 2 aromatic heterocycles. The van der Waals surface area contributed by atoms with Crippen LogP contribution in [-0.2, 0) is 24.4 Å². The second kappa shape index (κ2) is 10.7. The van der Waals surface area contributed by atoms with Gasteiger partial charge in [0.15, 0.2) is 5.65 Å². The third-order valence-corrected chi connectivity index (χ3v) is 5.20. The SMILES string of the molecule is CCCCN(CC)Cc1cccc(CNC(=O)CCn2nc3ccccn3c2=O)c1. The van der Waals surface area contributed by atoms with Gasteiger partial charge in [-0.2, -0.15) is 0 Å². The number of unbranched alkanes of at least 4 members (excludes halogenated alkanes) is 1. The van der Waals surface area contributed by atoms with Crippen molar-refractivity contribution in [2.75, 3.05) is 13.1 Å². The Kier molecular flexibility index (Phi) is 7.79. The minimum Gasteiger partial charge on any atom is -0.352 e. The third kappa shape index (κ3) is 5.79. The number of amides is 1. The molecule has 0 aliphatic rings. The smallest absolute Gasteiger partial charge is 0.350 e. The monoisotopic (exact) mass is 409 g/mol. The van der Waals surface area contributed by atoms with Gasteiger partial charge in [-0.05, 0) is 42.8 Å². The summed E-state index contributed by atoms with van der Waals surface area (Å²) in [5.74, 6) is -0.0949. The molecule has 0 aliphatic heterocycles. The highest BCUT2D eigenvalue weighted by Gasteiger charge is 2.09. The van der Waals surface area contributed by atoms with E-state index in [1.807, 2.05) is 18.2 Å². The Morgan fingerprint density at radius 2 is 1.97 bits per heavy atom. The molecule has 0 bridgehead atoms. The Morgan fingerprint density at radius 1 is 1.13 bits per heavy atom. The Bertz CT molecular complexity index is 1020. The molecule has 1 N–H and O–H groups in total. The van der Waals surface area contributed by atoms with Gasteiger partial charge in [0.25, 0.3) is 0 Å². The molecule has 0 unspecified atom stereocenters. The van der Waals surface area contributed by atoms with E-state index in [1.54, 1.807) is 18.3 Å². The Hall–Kier alpha value is -2.93. The van der Waals surface area contributed by atoms with Gasteiger partial charge in [-0.15, -0.1) is 5.10 Å². The Balaban J connectivity index is 1.50. The molecule has 7 heteroatoms. The van der Waals surface area contributed by atoms with Crippen molar-refractivity contribution in [1.82, 2.24) is 24.4 Å². The lowest BCUT2D eigenvalue weighted by atomic mass is 10.1. The second-order valence-electron chi connectivity index (χ2n) is 7.50. The van der Waals surface area contributed by atoms with E-state index in [0.717, 1.165) is 25.2 Å². The van der Waals surface area contributed by atoms with Gasteiger partial charge in [0.2, 0.25) is 5.91 Å². The summed E-state index contributed by atoms with van der Waals surface area (Å²) in [5.41, 5.74) is 2.70. The number of aryl methyl sites for hydroxylation is 1. The number of benzene rings is 1. The van der Waals surface area contributed by atoms with E-state index in [9.17, 15) is 9.59 Å². The van der Waals surface area contributed by atoms with Crippen LogP contribution in [0.3, 0.4) is 0 Å². The second-order valence-corrected chi connectivity index (χ2v) is 7.50. The summed E-state index contributed by atoms with van der Waals surface area (Å²) < 4.78 is 2.81. The first-order chi connectivity index (χ1) is 14.6. The molecule has 0 aliphatic carbocycles. The molecule has 0 radical (unpaired) electrons. The lowest BCUT2D eigenvalue weighted by Gasteiger charge is -2.20. The number of nitrogens with zero attached hydrogens (tertiary/aromatic N) is 4. The van der Waals surface area contributed by atoms with Gasteiger partial charge in [-0.1, -0.05) is 50.6 Å². The van der Waals surface area contributed by atoms with Crippen LogP contribution in [0.25, 0.3) is 5.65 Å². The number of nitrogens with one attached hydrogen (secondary N) is 1. The van der Waals surface area contributed by atoms with Crippen LogP contribution < -0.4 is 11.0 Å². The summed E-state index contributed by atoms with van der Waals surface area (Å²) in [5, 5.41) is 7.20. The fourth-order valence-corrected chi connectivity index (χ4v) is 3.44. The largest absolute Gasteiger partial charge is 0.352 e. The highest BCUT2D eigenvalue weighted by molar-refractivity contribution is 5.75. The first kappa shape index (κ1) is 21.8. The van der Waals surface area contributed by atoms with Crippen molar-refractivity contribution in [2.45, 2.75) is 52.7 Å². The van der Waals surface area contributed by atoms with Gasteiger partial charge in [0, 0.05) is 25.7 Å². The zero-order chi connectivity index (χ0) is 21.3. The van der Waals surface area contributed by atoms with Crippen molar-refractivity contribution < 1.29 is 4.79 Å². The predicted molar refractivity (Wildman–Crippen MR) is 118 cm³/mol. The molecule has 2 heterocycles. The van der Waals surface area contributed by atoms with E-state index < -0.39 is 0 Å². The highest BCUT2D eigenvalue weighted by atomic mass is 16.2. The van der Waals surface area contributed by atoms with Crippen LogP contribution in [0.2, 0.25) is 0 Å². The lowest BCUT2D eigenvalue weighted by molar-refractivity contribution is -0.121. The summed E-state index contributed by atoms with van der Waals surface area (Å²) in [7, 11) is 0. The summed E-state index contributed by atoms with van der Waals surface area (Å²) in [6.07, 6.45) is 4.29. The number of hydrogen-bond donors (Lipinski definition) is 1. The Morgan fingerprint density at radius 3 is 2.73 bits per heavy atom. The standard InChI is InChI=1S/C23H31N5O2/c1-3-5-13-26(4-2)18-20-10-8-9-19(16-20)17-24-22(29)12-15-28-23(30)27-14-7-6-11-21(27)25-28/h6-11,14,16H,3-5,12-13,15,17-18H2,1-2H3,(H,24,29). The van der Waals surface area contributed by atoms with Crippen molar-refractivity contribution in [3.8, 4) is 0 Å². The Labute approximate surface area is 177 Å². The maximum absolute atomic E-state index is 12.3. The zero-order valence-electron chi connectivity index (χ0n) is 17.9. The number of carbonyl (C=O) groups excluding carboxylic acids is 1. The first-order valence-electron chi connectivity index (χ1n) is 10.7. The number of pyridine rings is 1. The topological polar surface area (TPSA) is 71.6 Å². The van der Waals surface area contributed by atoms with Crippen LogP contribution >= 0.6 is 0 Å². The molecule has 0 saturated heterocycles. The van der Waals surface area contributed by atoms with Crippen molar-refractivity contribution in [1.29, 1.82) is 0 Å². The molecule has 1 amide bonds. The molecule has 0 fully saturated rings. The minimum absolute atomic E-state index is 0.0949. The fourth-order valence-electron chi connectivity index (χ4n) is 3.44. The zero-order valence-corrected chi connectivity index (χ0v) is 17.9. The van der Waals surface area contributed by atoms with E-state index in [0.29, 0.717) is 12.2 Å². The highest BCUT2D eigenvalue weighted by Crippen LogP contribution is 2.09. The molecule has 0 atom stereocenters. The molecule has 1 aromatic carbocycles. The van der Waals surface area contributed by atoms with Gasteiger partial charge in [0.1, 0.15) is 0 Å². The van der Waals surface area contributed by atoms with Crippen LogP contribution in [0.1, 0.15) is 44.2 Å². The van der Waals surface area contributed by atoms with Crippen LogP contribution in [-0.4, -0.2) is 38.1 Å². The van der Waals surface area contributed by atoms with Crippen molar-refractivity contribution in [3.63, 3.8) is 0 Å². The third-order valence-electron chi connectivity index (χ3n) is 5.20. The van der Waals surface area contributed by atoms with Crippen LogP contribution in [0.4, 0.5) is 0 Å². The lowest BCUT2D eigenvalue weighted by Crippen LogP contribution is -2.27. The van der Waals surface area contributed by atoms with E-state index in [1.165, 1.54) is 27.5 Å². The average molecular weight is 410 g/mol. The summed E-state index contributed by atoms with van der Waals surface area (Å²) in [6.45, 7) is 8.20. The normalized spacial score (nSPS) is 11.3. The van der Waals surface area contributed by atoms with Crippen molar-refractivity contribution in [2.24, 2.45) is 0 Å².